The van der Waals surface area contributed by atoms with Crippen molar-refractivity contribution in [1.29, 1.82) is 0 Å². The lowest BCUT2D eigenvalue weighted by atomic mass is 9.76. The van der Waals surface area contributed by atoms with E-state index in [1.165, 1.54) is 23.6 Å². The van der Waals surface area contributed by atoms with E-state index in [9.17, 15) is 4.79 Å². The summed E-state index contributed by atoms with van der Waals surface area (Å²) in [4.78, 5) is 11.8. The molecule has 0 bridgehead atoms. The molecule has 0 radical (unpaired) electrons. The summed E-state index contributed by atoms with van der Waals surface area (Å²) in [5.74, 6) is 1.62. The van der Waals surface area contributed by atoms with E-state index in [1.54, 1.807) is 0 Å². The molecule has 0 N–H and O–H groups in total. The topological polar surface area (TPSA) is 17.1 Å². The van der Waals surface area contributed by atoms with Crippen LogP contribution in [0.4, 0.5) is 0 Å². The molecule has 0 saturated heterocycles. The minimum absolute atomic E-state index is 0.476. The molecule has 0 heterocycles. The first kappa shape index (κ1) is 18.4. The van der Waals surface area contributed by atoms with Crippen molar-refractivity contribution in [2.75, 3.05) is 0 Å². The van der Waals surface area contributed by atoms with E-state index in [0.29, 0.717) is 17.6 Å². The van der Waals surface area contributed by atoms with Gasteiger partial charge in [-0.15, -0.1) is 0 Å². The molecule has 0 spiro atoms. The number of hydrogen-bond acceptors (Lipinski definition) is 1. The smallest absolute Gasteiger partial charge is 0.133 e. The van der Waals surface area contributed by atoms with E-state index in [1.807, 2.05) is 0 Å². The lowest BCUT2D eigenvalue weighted by Gasteiger charge is -2.35. The monoisotopic (exact) mass is 306 g/mol. The van der Waals surface area contributed by atoms with Crippen LogP contribution in [0.1, 0.15) is 52.4 Å². The Morgan fingerprint density at radius 2 is 2.05 bits per heavy atom. The molecule has 0 aliphatic heterocycles. The number of hydrogen-bond donors (Lipinski definition) is 0. The molecule has 0 aromatic heterocycles. The third-order valence-corrected chi connectivity index (χ3v) is 6.13. The van der Waals surface area contributed by atoms with Crippen LogP contribution >= 0.6 is 0 Å². The Kier molecular flexibility index (Phi) is 7.12. The quantitative estimate of drug-likeness (QED) is 0.416. The Labute approximate surface area is 132 Å². The van der Waals surface area contributed by atoms with Gasteiger partial charge in [0.25, 0.3) is 0 Å². The van der Waals surface area contributed by atoms with Crippen LogP contribution in [-0.2, 0) is 4.79 Å². The summed E-state index contributed by atoms with van der Waals surface area (Å²) in [5, 5.41) is 0. The average molecular weight is 307 g/mol. The van der Waals surface area contributed by atoms with Crippen molar-refractivity contribution in [3.63, 3.8) is 0 Å². The van der Waals surface area contributed by atoms with Gasteiger partial charge in [0, 0.05) is 20.9 Å². The molecule has 21 heavy (non-hydrogen) atoms. The zero-order valence-electron chi connectivity index (χ0n) is 14.8. The molecule has 1 aliphatic carbocycles. The second-order valence-electron chi connectivity index (χ2n) is 8.24. The van der Waals surface area contributed by atoms with Crippen LogP contribution in [0, 0.1) is 11.8 Å². The van der Waals surface area contributed by atoms with Crippen molar-refractivity contribution in [3.05, 3.63) is 23.8 Å². The van der Waals surface area contributed by atoms with Crippen LogP contribution < -0.4 is 0 Å². The van der Waals surface area contributed by atoms with Gasteiger partial charge >= 0.3 is 0 Å². The van der Waals surface area contributed by atoms with Gasteiger partial charge in [0.1, 0.15) is 5.78 Å². The Balaban J connectivity index is 2.73. The van der Waals surface area contributed by atoms with Gasteiger partial charge in [0.2, 0.25) is 0 Å². The van der Waals surface area contributed by atoms with Crippen molar-refractivity contribution in [3.8, 4) is 0 Å². The highest BCUT2D eigenvalue weighted by atomic mass is 28.3. The number of carbonyl (C=O) groups excluding carboxylic acids is 1. The predicted octanol–water partition coefficient (Wildman–Crippen LogP) is 6.00. The van der Waals surface area contributed by atoms with Gasteiger partial charge < -0.3 is 0 Å². The maximum Gasteiger partial charge on any atom is 0.133 e. The number of carbonyl (C=O) groups is 1. The largest absolute Gasteiger partial charge is 0.300 e. The first-order chi connectivity index (χ1) is 9.69. The summed E-state index contributed by atoms with van der Waals surface area (Å²) in [6, 6.07) is 1.29. The molecular weight excluding hydrogens is 272 g/mol. The van der Waals surface area contributed by atoms with Crippen LogP contribution in [0.25, 0.3) is 0 Å². The van der Waals surface area contributed by atoms with Gasteiger partial charge in [0.15, 0.2) is 0 Å². The Bertz CT molecular complexity index is 396. The molecule has 1 rings (SSSR count). The normalized spacial score (nSPS) is 21.0. The van der Waals surface area contributed by atoms with E-state index in [2.05, 4.69) is 46.1 Å². The van der Waals surface area contributed by atoms with Crippen molar-refractivity contribution in [2.24, 2.45) is 11.8 Å². The highest BCUT2D eigenvalue weighted by Gasteiger charge is 2.32. The van der Waals surface area contributed by atoms with E-state index in [4.69, 9.17) is 0 Å². The molecule has 2 heteroatoms. The summed E-state index contributed by atoms with van der Waals surface area (Å²) in [7, 11) is -1.14. The molecule has 2 atom stereocenters. The SMILES string of the molecule is C=C(CCC=C(C)C)C(C[Si](C)(C)C)C1CCCC(=O)C1. The van der Waals surface area contributed by atoms with Crippen molar-refractivity contribution in [1.82, 2.24) is 0 Å². The summed E-state index contributed by atoms with van der Waals surface area (Å²) in [6.07, 6.45) is 8.42. The second-order valence-corrected chi connectivity index (χ2v) is 13.8. The van der Waals surface area contributed by atoms with Crippen LogP contribution in [0.5, 0.6) is 0 Å². The maximum atomic E-state index is 11.8. The summed E-state index contributed by atoms with van der Waals surface area (Å²) in [6.45, 7) is 16.0. The second kappa shape index (κ2) is 8.12. The fourth-order valence-electron chi connectivity index (χ4n) is 3.44. The van der Waals surface area contributed by atoms with Crippen LogP contribution in [0.15, 0.2) is 23.8 Å². The van der Waals surface area contributed by atoms with Crippen molar-refractivity contribution in [2.45, 2.75) is 78.1 Å². The molecule has 1 aliphatic rings. The Morgan fingerprint density at radius 1 is 1.38 bits per heavy atom. The summed E-state index contributed by atoms with van der Waals surface area (Å²) < 4.78 is 0. The van der Waals surface area contributed by atoms with Gasteiger partial charge in [-0.25, -0.2) is 0 Å². The summed E-state index contributed by atoms with van der Waals surface area (Å²) in [5.41, 5.74) is 2.78. The highest BCUT2D eigenvalue weighted by molar-refractivity contribution is 6.76. The fourth-order valence-corrected chi connectivity index (χ4v) is 5.38. The zero-order valence-corrected chi connectivity index (χ0v) is 15.8. The lowest BCUT2D eigenvalue weighted by Crippen LogP contribution is -2.31. The molecule has 1 fully saturated rings. The van der Waals surface area contributed by atoms with Gasteiger partial charge in [-0.3, -0.25) is 4.79 Å². The predicted molar refractivity (Wildman–Crippen MR) is 96.4 cm³/mol. The number of ketones is 1. The third-order valence-electron chi connectivity index (χ3n) is 4.46. The van der Waals surface area contributed by atoms with Gasteiger partial charge in [-0.05, 0) is 51.4 Å². The molecule has 120 valence electrons. The van der Waals surface area contributed by atoms with Crippen LogP contribution in [-0.4, -0.2) is 13.9 Å². The van der Waals surface area contributed by atoms with Gasteiger partial charge in [-0.1, -0.05) is 49.5 Å². The minimum atomic E-state index is -1.14. The summed E-state index contributed by atoms with van der Waals surface area (Å²) >= 11 is 0. The molecular formula is C19H34OSi. The first-order valence-corrected chi connectivity index (χ1v) is 12.2. The highest BCUT2D eigenvalue weighted by Crippen LogP contribution is 2.38. The fraction of sp³-hybridized carbons (Fsp3) is 0.737. The zero-order chi connectivity index (χ0) is 16.0. The minimum Gasteiger partial charge on any atom is -0.300 e. The molecule has 0 amide bonds. The van der Waals surface area contributed by atoms with Crippen molar-refractivity contribution < 1.29 is 4.79 Å². The molecule has 2 unspecified atom stereocenters. The Morgan fingerprint density at radius 3 is 2.57 bits per heavy atom. The first-order valence-electron chi connectivity index (χ1n) is 8.52. The van der Waals surface area contributed by atoms with E-state index >= 15 is 0 Å². The molecule has 0 aromatic rings. The lowest BCUT2D eigenvalue weighted by molar-refractivity contribution is -0.121. The maximum absolute atomic E-state index is 11.8. The molecule has 1 nitrogen and oxygen atoms in total. The van der Waals surface area contributed by atoms with Gasteiger partial charge in [0.05, 0.1) is 0 Å². The van der Waals surface area contributed by atoms with Gasteiger partial charge in [-0.2, -0.15) is 0 Å². The van der Waals surface area contributed by atoms with Crippen LogP contribution in [0.3, 0.4) is 0 Å². The van der Waals surface area contributed by atoms with E-state index < -0.39 is 8.07 Å². The van der Waals surface area contributed by atoms with Crippen LogP contribution in [0.2, 0.25) is 25.7 Å². The van der Waals surface area contributed by atoms with Crippen molar-refractivity contribution >= 4 is 13.9 Å². The van der Waals surface area contributed by atoms with E-state index in [-0.39, 0.29) is 0 Å². The average Bonchev–Trinajstić information content (AvgIpc) is 2.34. The number of rotatable bonds is 7. The third kappa shape index (κ3) is 7.26. The number of allylic oxidation sites excluding steroid dienone is 3. The molecule has 1 saturated carbocycles. The Hall–Kier alpha value is -0.633. The molecule has 0 aromatic carbocycles. The van der Waals surface area contributed by atoms with E-state index in [0.717, 1.165) is 32.1 Å². The standard InChI is InChI=1S/C19H34OSi/c1-15(2)9-7-10-16(3)19(14-21(4,5)6)17-11-8-12-18(20)13-17/h9,17,19H,3,7-8,10-14H2,1-2,4-6H3. The number of Topliss-reactive ketones (excluding diaryl/α,β-unsaturated/α-hetero) is 1.